The van der Waals surface area contributed by atoms with Crippen LogP contribution in [0.2, 0.25) is 0 Å². The molecule has 0 unspecified atom stereocenters. The Morgan fingerprint density at radius 3 is 2.06 bits per heavy atom. The summed E-state index contributed by atoms with van der Waals surface area (Å²) in [5.41, 5.74) is 9.26. The Morgan fingerprint density at radius 1 is 0.812 bits per heavy atom. The molecule has 0 aliphatic rings. The fourth-order valence-corrected chi connectivity index (χ4v) is 4.89. The van der Waals surface area contributed by atoms with E-state index in [-0.39, 0.29) is 18.2 Å². The van der Waals surface area contributed by atoms with Gasteiger partial charge in [0.2, 0.25) is 5.78 Å². The van der Waals surface area contributed by atoms with Gasteiger partial charge in [-0.2, -0.15) is 0 Å². The monoisotopic (exact) mass is 436 g/mol. The molecule has 1 aromatic heterocycles. The molecule has 0 atom stereocenters. The van der Waals surface area contributed by atoms with Crippen LogP contribution >= 0.6 is 11.3 Å². The zero-order valence-electron chi connectivity index (χ0n) is 17.4. The van der Waals surface area contributed by atoms with Gasteiger partial charge in [0.15, 0.2) is 11.6 Å². The Morgan fingerprint density at radius 2 is 1.41 bits per heavy atom. The molecule has 0 radical (unpaired) electrons. The number of carbonyl (C=O) groups is 1. The van der Waals surface area contributed by atoms with Gasteiger partial charge in [0.05, 0.1) is 5.92 Å². The minimum atomic E-state index is -0.0401. The van der Waals surface area contributed by atoms with Crippen molar-refractivity contribution in [3.05, 3.63) is 125 Å². The highest BCUT2D eigenvalue weighted by molar-refractivity contribution is 7.14. The Hall–Kier alpha value is -3.83. The molecule has 0 saturated heterocycles. The van der Waals surface area contributed by atoms with Crippen LogP contribution in [0.25, 0.3) is 10.8 Å². The number of fused-ring (bicyclic) bond motifs is 1. The molecule has 156 valence electrons. The largest absolute Gasteiger partial charge is 0.354 e. The first-order chi connectivity index (χ1) is 15.7. The number of aromatic nitrogens is 2. The Balaban J connectivity index is 1.47. The summed E-state index contributed by atoms with van der Waals surface area (Å²) in [4.78, 5) is 13.0. The second kappa shape index (κ2) is 8.73. The number of anilines is 1. The summed E-state index contributed by atoms with van der Waals surface area (Å²) >= 11 is 1.43. The second-order valence-corrected chi connectivity index (χ2v) is 8.72. The van der Waals surface area contributed by atoms with E-state index >= 15 is 0 Å². The summed E-state index contributed by atoms with van der Waals surface area (Å²) in [5.74, 6) is -0.0537. The maximum absolute atomic E-state index is 13.0. The van der Waals surface area contributed by atoms with Crippen LogP contribution in [0.5, 0.6) is 0 Å². The Labute approximate surface area is 190 Å². The molecule has 0 amide bonds. The third-order valence-electron chi connectivity index (χ3n) is 5.56. The summed E-state index contributed by atoms with van der Waals surface area (Å²) < 4.78 is 1.62. The van der Waals surface area contributed by atoms with Crippen molar-refractivity contribution in [2.24, 2.45) is 0 Å². The highest BCUT2D eigenvalue weighted by atomic mass is 32.1. The quantitative estimate of drug-likeness (QED) is 0.293. The normalized spacial score (nSPS) is 11.2. The predicted molar refractivity (Wildman–Crippen MR) is 129 cm³/mol. The predicted octanol–water partition coefficient (Wildman–Crippen LogP) is 5.23. The molecule has 0 saturated carbocycles. The van der Waals surface area contributed by atoms with Crippen LogP contribution < -0.4 is 10.4 Å². The number of ketones is 1. The summed E-state index contributed by atoms with van der Waals surface area (Å²) in [6.07, 6.45) is 0. The van der Waals surface area contributed by atoms with Crippen LogP contribution in [0, 0.1) is 0 Å². The summed E-state index contributed by atoms with van der Waals surface area (Å²) in [6, 6.07) is 34.3. The minimum absolute atomic E-state index is 0.0136. The zero-order chi connectivity index (χ0) is 21.9. The SMILES string of the molecule is Nc1sc(C(c2ccccc2)c2ccccc2)n[n+]1CC(=O)c1ccc2ccccc2c1. The van der Waals surface area contributed by atoms with E-state index in [0.29, 0.717) is 10.7 Å². The van der Waals surface area contributed by atoms with Gasteiger partial charge in [0.1, 0.15) is 0 Å². The molecule has 5 aromatic rings. The highest BCUT2D eigenvalue weighted by Gasteiger charge is 2.26. The third kappa shape index (κ3) is 4.03. The lowest BCUT2D eigenvalue weighted by Gasteiger charge is -2.14. The molecular formula is C27H22N3OS+. The van der Waals surface area contributed by atoms with Gasteiger partial charge in [-0.05, 0) is 39.3 Å². The molecule has 4 nitrogen and oxygen atoms in total. The van der Waals surface area contributed by atoms with Gasteiger partial charge in [-0.1, -0.05) is 102 Å². The maximum Gasteiger partial charge on any atom is 0.354 e. The number of nitrogens with two attached hydrogens (primary N) is 1. The van der Waals surface area contributed by atoms with Crippen molar-refractivity contribution in [2.75, 3.05) is 5.73 Å². The summed E-state index contributed by atoms with van der Waals surface area (Å²) in [5, 5.41) is 8.32. The van der Waals surface area contributed by atoms with Crippen molar-refractivity contribution in [2.45, 2.75) is 12.5 Å². The second-order valence-electron chi connectivity index (χ2n) is 7.68. The Kier molecular flexibility index (Phi) is 5.48. The van der Waals surface area contributed by atoms with E-state index in [4.69, 9.17) is 10.8 Å². The standard InChI is InChI=1S/C27H21N3OS/c28-27-30(18-24(31)23-16-15-19-9-7-8-14-22(19)17-23)29-26(32-27)25(20-10-3-1-4-11-20)21-12-5-2-6-13-21/h1-17,25,28H,18H2/p+1. The molecule has 0 bridgehead atoms. The van der Waals surface area contributed by atoms with Gasteiger partial charge in [-0.3, -0.25) is 10.5 Å². The van der Waals surface area contributed by atoms with Crippen LogP contribution in [0.3, 0.4) is 0 Å². The minimum Gasteiger partial charge on any atom is -0.290 e. The molecule has 1 heterocycles. The average Bonchev–Trinajstić information content (AvgIpc) is 3.19. The molecule has 5 rings (SSSR count). The average molecular weight is 437 g/mol. The van der Waals surface area contributed by atoms with Crippen molar-refractivity contribution in [3.8, 4) is 0 Å². The first-order valence-electron chi connectivity index (χ1n) is 10.5. The highest BCUT2D eigenvalue weighted by Crippen LogP contribution is 2.33. The molecule has 5 heteroatoms. The van der Waals surface area contributed by atoms with Crippen molar-refractivity contribution >= 4 is 33.0 Å². The first kappa shape index (κ1) is 20.1. The summed E-state index contributed by atoms with van der Waals surface area (Å²) in [7, 11) is 0. The molecule has 4 aromatic carbocycles. The number of nitrogens with zero attached hydrogens (tertiary/aromatic N) is 2. The van der Waals surface area contributed by atoms with Gasteiger partial charge < -0.3 is 0 Å². The lowest BCUT2D eigenvalue weighted by molar-refractivity contribution is -0.723. The molecule has 0 aliphatic carbocycles. The van der Waals surface area contributed by atoms with Gasteiger partial charge in [0, 0.05) is 5.56 Å². The van der Waals surface area contributed by atoms with E-state index in [0.717, 1.165) is 26.9 Å². The Bertz CT molecular complexity index is 1340. The number of rotatable bonds is 6. The fraction of sp³-hybridized carbons (Fsp3) is 0.0741. The molecule has 0 aliphatic heterocycles. The smallest absolute Gasteiger partial charge is 0.290 e. The van der Waals surface area contributed by atoms with Crippen LogP contribution in [-0.2, 0) is 6.54 Å². The molecule has 32 heavy (non-hydrogen) atoms. The van der Waals surface area contributed by atoms with Gasteiger partial charge in [-0.25, -0.2) is 0 Å². The first-order valence-corrected chi connectivity index (χ1v) is 11.3. The van der Waals surface area contributed by atoms with Crippen molar-refractivity contribution in [1.29, 1.82) is 0 Å². The number of benzene rings is 4. The molecule has 0 spiro atoms. The number of Topliss-reactive ketones (excluding diaryl/α,β-unsaturated/α-hetero) is 1. The lowest BCUT2D eigenvalue weighted by atomic mass is 9.92. The number of hydrogen-bond donors (Lipinski definition) is 1. The molecule has 2 N–H and O–H groups in total. The van der Waals surface area contributed by atoms with Gasteiger partial charge >= 0.3 is 5.13 Å². The van der Waals surface area contributed by atoms with Crippen molar-refractivity contribution in [1.82, 2.24) is 5.10 Å². The van der Waals surface area contributed by atoms with Crippen LogP contribution in [0.4, 0.5) is 5.13 Å². The third-order valence-corrected chi connectivity index (χ3v) is 6.51. The number of hydrogen-bond acceptors (Lipinski definition) is 4. The molecule has 0 fully saturated rings. The van der Waals surface area contributed by atoms with Crippen molar-refractivity contribution in [3.63, 3.8) is 0 Å². The zero-order valence-corrected chi connectivity index (χ0v) is 18.2. The van der Waals surface area contributed by atoms with Crippen molar-refractivity contribution < 1.29 is 9.48 Å². The van der Waals surface area contributed by atoms with E-state index in [1.807, 2.05) is 78.9 Å². The topological polar surface area (TPSA) is 59.9 Å². The van der Waals surface area contributed by atoms with Crippen LogP contribution in [0.15, 0.2) is 103 Å². The summed E-state index contributed by atoms with van der Waals surface area (Å²) in [6.45, 7) is 0.108. The van der Waals surface area contributed by atoms with E-state index in [1.165, 1.54) is 11.3 Å². The molecular weight excluding hydrogens is 414 g/mol. The van der Waals surface area contributed by atoms with E-state index in [1.54, 1.807) is 4.68 Å². The van der Waals surface area contributed by atoms with Crippen LogP contribution in [-0.4, -0.2) is 10.9 Å². The van der Waals surface area contributed by atoms with Gasteiger partial charge in [0.25, 0.3) is 0 Å². The van der Waals surface area contributed by atoms with E-state index < -0.39 is 0 Å². The maximum atomic E-state index is 13.0. The van der Waals surface area contributed by atoms with E-state index in [9.17, 15) is 4.79 Å². The fourth-order valence-electron chi connectivity index (χ4n) is 3.94. The lowest BCUT2D eigenvalue weighted by Crippen LogP contribution is -2.42. The number of nitrogen functional groups attached to an aromatic ring is 1. The van der Waals surface area contributed by atoms with Crippen LogP contribution in [0.1, 0.15) is 32.4 Å². The van der Waals surface area contributed by atoms with Gasteiger partial charge in [-0.15, -0.1) is 4.68 Å². The van der Waals surface area contributed by atoms with E-state index in [2.05, 4.69) is 24.3 Å². The number of carbonyl (C=O) groups excluding carboxylic acids is 1.